The van der Waals surface area contributed by atoms with E-state index in [2.05, 4.69) is 4.74 Å². The van der Waals surface area contributed by atoms with Crippen LogP contribution in [-0.2, 0) is 19.6 Å². The van der Waals surface area contributed by atoms with Crippen LogP contribution in [0.15, 0.2) is 0 Å². The lowest BCUT2D eigenvalue weighted by Gasteiger charge is -2.20. The maximum atomic E-state index is 11.7. The van der Waals surface area contributed by atoms with Crippen molar-refractivity contribution in [1.29, 1.82) is 0 Å². The van der Waals surface area contributed by atoms with E-state index in [0.717, 1.165) is 4.31 Å². The molecule has 0 aliphatic carbocycles. The Morgan fingerprint density at radius 1 is 1.60 bits per heavy atom. The van der Waals surface area contributed by atoms with Crippen LogP contribution in [0, 0.1) is 0 Å². The number of aliphatic carboxylic acids is 1. The Hall–Kier alpha value is -0.660. The standard InChI is InChI=1S/C8H15NO5S/c1-14-5-6-15(12,13)9-4-2-3-7(9)8(10)11/h7H,2-6H2,1H3,(H,10,11)/t7-/m1/s1. The molecule has 0 unspecified atom stereocenters. The maximum Gasteiger partial charge on any atom is 0.322 e. The van der Waals surface area contributed by atoms with Gasteiger partial charge in [-0.05, 0) is 12.8 Å². The monoisotopic (exact) mass is 237 g/mol. The van der Waals surface area contributed by atoms with Crippen LogP contribution in [0.3, 0.4) is 0 Å². The van der Waals surface area contributed by atoms with E-state index in [9.17, 15) is 13.2 Å². The number of sulfonamides is 1. The molecule has 1 rings (SSSR count). The van der Waals surface area contributed by atoms with Crippen LogP contribution in [-0.4, -0.2) is 55.9 Å². The predicted molar refractivity (Wildman–Crippen MR) is 53.0 cm³/mol. The Kier molecular flexibility index (Phi) is 4.06. The zero-order valence-electron chi connectivity index (χ0n) is 8.55. The van der Waals surface area contributed by atoms with Gasteiger partial charge in [-0.25, -0.2) is 8.42 Å². The molecule has 1 atom stereocenters. The largest absolute Gasteiger partial charge is 0.480 e. The third-order valence-corrected chi connectivity index (χ3v) is 4.23. The molecule has 0 saturated carbocycles. The molecule has 1 fully saturated rings. The summed E-state index contributed by atoms with van der Waals surface area (Å²) in [6.07, 6.45) is 0.991. The Morgan fingerprint density at radius 2 is 2.27 bits per heavy atom. The molecule has 1 aliphatic rings. The van der Waals surface area contributed by atoms with Crippen LogP contribution in [0.1, 0.15) is 12.8 Å². The van der Waals surface area contributed by atoms with Gasteiger partial charge in [0.05, 0.1) is 12.4 Å². The van der Waals surface area contributed by atoms with E-state index in [-0.39, 0.29) is 12.4 Å². The molecule has 1 saturated heterocycles. The van der Waals surface area contributed by atoms with Crippen molar-refractivity contribution in [2.24, 2.45) is 0 Å². The minimum atomic E-state index is -3.49. The van der Waals surface area contributed by atoms with E-state index in [1.165, 1.54) is 7.11 Å². The average Bonchev–Trinajstić information content (AvgIpc) is 2.63. The number of carboxylic acid groups (broad SMARTS) is 1. The molecule has 0 spiro atoms. The summed E-state index contributed by atoms with van der Waals surface area (Å²) in [7, 11) is -2.08. The fourth-order valence-electron chi connectivity index (χ4n) is 1.63. The number of hydrogen-bond donors (Lipinski definition) is 1. The van der Waals surface area contributed by atoms with Crippen LogP contribution >= 0.6 is 0 Å². The summed E-state index contributed by atoms with van der Waals surface area (Å²) in [6, 6.07) is -0.896. The minimum absolute atomic E-state index is 0.0885. The van der Waals surface area contributed by atoms with Crippen molar-refractivity contribution in [3.05, 3.63) is 0 Å². The summed E-state index contributed by atoms with van der Waals surface area (Å²) in [5.41, 5.74) is 0. The summed E-state index contributed by atoms with van der Waals surface area (Å²) in [5.74, 6) is -1.23. The summed E-state index contributed by atoms with van der Waals surface area (Å²) in [4.78, 5) is 10.8. The van der Waals surface area contributed by atoms with Gasteiger partial charge in [-0.2, -0.15) is 4.31 Å². The van der Waals surface area contributed by atoms with Crippen LogP contribution in [0.25, 0.3) is 0 Å². The zero-order valence-corrected chi connectivity index (χ0v) is 9.37. The van der Waals surface area contributed by atoms with Crippen molar-refractivity contribution >= 4 is 16.0 Å². The fourth-order valence-corrected chi connectivity index (χ4v) is 3.23. The highest BCUT2D eigenvalue weighted by atomic mass is 32.2. The molecule has 0 bridgehead atoms. The Morgan fingerprint density at radius 3 is 2.80 bits per heavy atom. The van der Waals surface area contributed by atoms with Crippen molar-refractivity contribution in [3.8, 4) is 0 Å². The highest BCUT2D eigenvalue weighted by Gasteiger charge is 2.38. The predicted octanol–water partition coefficient (Wildman–Crippen LogP) is -0.488. The van der Waals surface area contributed by atoms with E-state index in [4.69, 9.17) is 5.11 Å². The summed E-state index contributed by atoms with van der Waals surface area (Å²) >= 11 is 0. The molecule has 88 valence electrons. The number of nitrogens with zero attached hydrogens (tertiary/aromatic N) is 1. The minimum Gasteiger partial charge on any atom is -0.480 e. The summed E-state index contributed by atoms with van der Waals surface area (Å²) < 4.78 is 29.1. The van der Waals surface area contributed by atoms with Crippen LogP contribution < -0.4 is 0 Å². The molecule has 0 aromatic rings. The molecule has 15 heavy (non-hydrogen) atoms. The molecule has 1 aliphatic heterocycles. The number of methoxy groups -OCH3 is 1. The van der Waals surface area contributed by atoms with Crippen molar-refractivity contribution in [2.45, 2.75) is 18.9 Å². The van der Waals surface area contributed by atoms with E-state index in [0.29, 0.717) is 19.4 Å². The topological polar surface area (TPSA) is 83.9 Å². The van der Waals surface area contributed by atoms with E-state index in [1.54, 1.807) is 0 Å². The van der Waals surface area contributed by atoms with Crippen LogP contribution in [0.2, 0.25) is 0 Å². The van der Waals surface area contributed by atoms with Gasteiger partial charge in [-0.15, -0.1) is 0 Å². The van der Waals surface area contributed by atoms with Gasteiger partial charge in [0.1, 0.15) is 6.04 Å². The number of carbonyl (C=O) groups is 1. The van der Waals surface area contributed by atoms with Crippen LogP contribution in [0.4, 0.5) is 0 Å². The van der Waals surface area contributed by atoms with Crippen molar-refractivity contribution < 1.29 is 23.1 Å². The molecular weight excluding hydrogens is 222 g/mol. The lowest BCUT2D eigenvalue weighted by atomic mass is 10.2. The first-order valence-corrected chi connectivity index (χ1v) is 6.31. The Balaban J connectivity index is 2.73. The van der Waals surface area contributed by atoms with Gasteiger partial charge >= 0.3 is 5.97 Å². The number of rotatable bonds is 5. The first-order valence-electron chi connectivity index (χ1n) is 4.70. The molecule has 1 heterocycles. The highest BCUT2D eigenvalue weighted by Crippen LogP contribution is 2.21. The van der Waals surface area contributed by atoms with Gasteiger partial charge in [0.25, 0.3) is 0 Å². The summed E-state index contributed by atoms with van der Waals surface area (Å²) in [6.45, 7) is 0.383. The van der Waals surface area contributed by atoms with Gasteiger partial charge in [0.15, 0.2) is 0 Å². The number of carboxylic acids is 1. The summed E-state index contributed by atoms with van der Waals surface area (Å²) in [5, 5.41) is 8.84. The molecule has 0 aromatic heterocycles. The third-order valence-electron chi connectivity index (χ3n) is 2.39. The van der Waals surface area contributed by atoms with E-state index in [1.807, 2.05) is 0 Å². The van der Waals surface area contributed by atoms with E-state index >= 15 is 0 Å². The molecular formula is C8H15NO5S. The Labute approximate surface area is 88.9 Å². The second-order valence-corrected chi connectivity index (χ2v) is 5.46. The molecule has 1 N–H and O–H groups in total. The van der Waals surface area contributed by atoms with Crippen molar-refractivity contribution in [2.75, 3.05) is 26.0 Å². The first-order chi connectivity index (χ1) is 6.99. The van der Waals surface area contributed by atoms with Crippen molar-refractivity contribution in [3.63, 3.8) is 0 Å². The van der Waals surface area contributed by atoms with Gasteiger partial charge in [0, 0.05) is 13.7 Å². The maximum absolute atomic E-state index is 11.7. The molecule has 7 heteroatoms. The quantitative estimate of drug-likeness (QED) is 0.697. The van der Waals surface area contributed by atoms with Crippen LogP contribution in [0.5, 0.6) is 0 Å². The molecule has 0 amide bonds. The third kappa shape index (κ3) is 2.90. The van der Waals surface area contributed by atoms with E-state index < -0.39 is 22.0 Å². The van der Waals surface area contributed by atoms with Gasteiger partial charge in [0.2, 0.25) is 10.0 Å². The number of hydrogen-bond acceptors (Lipinski definition) is 4. The first kappa shape index (κ1) is 12.4. The van der Waals surface area contributed by atoms with Gasteiger partial charge < -0.3 is 9.84 Å². The molecule has 6 nitrogen and oxygen atoms in total. The fraction of sp³-hybridized carbons (Fsp3) is 0.875. The normalized spacial score (nSPS) is 23.1. The SMILES string of the molecule is COCCS(=O)(=O)N1CCC[C@@H]1C(=O)O. The highest BCUT2D eigenvalue weighted by molar-refractivity contribution is 7.89. The van der Waals surface area contributed by atoms with Crippen molar-refractivity contribution in [1.82, 2.24) is 4.31 Å². The average molecular weight is 237 g/mol. The molecule has 0 radical (unpaired) electrons. The number of ether oxygens (including phenoxy) is 1. The molecule has 0 aromatic carbocycles. The smallest absolute Gasteiger partial charge is 0.322 e. The van der Waals surface area contributed by atoms with Gasteiger partial charge in [-0.1, -0.05) is 0 Å². The van der Waals surface area contributed by atoms with Gasteiger partial charge in [-0.3, -0.25) is 4.79 Å². The zero-order chi connectivity index (χ0) is 11.5. The second-order valence-electron chi connectivity index (χ2n) is 3.42. The lowest BCUT2D eigenvalue weighted by Crippen LogP contribution is -2.42. The second kappa shape index (κ2) is 4.91. The lowest BCUT2D eigenvalue weighted by molar-refractivity contribution is -0.140. The Bertz CT molecular complexity index is 326.